The van der Waals surface area contributed by atoms with Crippen LogP contribution in [-0.4, -0.2) is 34.7 Å². The van der Waals surface area contributed by atoms with Gasteiger partial charge in [-0.1, -0.05) is 18.2 Å². The van der Waals surface area contributed by atoms with Crippen molar-refractivity contribution in [3.63, 3.8) is 0 Å². The molecular weight excluding hydrogens is 306 g/mol. The molecule has 0 aliphatic heterocycles. The number of nitrogens with one attached hydrogen (secondary N) is 3. The van der Waals surface area contributed by atoms with Gasteiger partial charge in [-0.3, -0.25) is 4.79 Å². The van der Waals surface area contributed by atoms with E-state index in [2.05, 4.69) is 21.7 Å². The van der Waals surface area contributed by atoms with Gasteiger partial charge in [-0.2, -0.15) is 0 Å². The summed E-state index contributed by atoms with van der Waals surface area (Å²) in [5.41, 5.74) is 2.29. The van der Waals surface area contributed by atoms with Crippen LogP contribution in [-0.2, 0) is 11.2 Å². The number of para-hydroxylation sites is 1. The molecule has 1 aromatic heterocycles. The molecule has 2 aromatic rings. The highest BCUT2D eigenvalue weighted by Crippen LogP contribution is 2.24. The number of H-pyrrole nitrogens is 1. The van der Waals surface area contributed by atoms with E-state index in [1.54, 1.807) is 0 Å². The highest BCUT2D eigenvalue weighted by Gasteiger charge is 2.26. The highest BCUT2D eigenvalue weighted by molar-refractivity contribution is 5.83. The molecule has 0 bridgehead atoms. The molecule has 1 heterocycles. The highest BCUT2D eigenvalue weighted by atomic mass is 16.4. The number of hydrogen-bond acceptors (Lipinski definition) is 2. The Bertz CT molecular complexity index is 717. The van der Waals surface area contributed by atoms with Gasteiger partial charge in [0.2, 0.25) is 0 Å². The smallest absolute Gasteiger partial charge is 0.315 e. The third-order valence-corrected chi connectivity index (χ3v) is 4.77. The maximum atomic E-state index is 12.0. The van der Waals surface area contributed by atoms with Gasteiger partial charge in [0.05, 0.1) is 5.92 Å². The van der Waals surface area contributed by atoms with Crippen molar-refractivity contribution in [3.05, 3.63) is 36.0 Å². The molecule has 6 nitrogen and oxygen atoms in total. The van der Waals surface area contributed by atoms with Crippen molar-refractivity contribution in [2.75, 3.05) is 6.54 Å². The largest absolute Gasteiger partial charge is 0.481 e. The first-order valence-corrected chi connectivity index (χ1v) is 8.45. The molecule has 1 saturated carbocycles. The van der Waals surface area contributed by atoms with Crippen LogP contribution in [0.15, 0.2) is 30.5 Å². The lowest BCUT2D eigenvalue weighted by Crippen LogP contribution is -2.44. The van der Waals surface area contributed by atoms with Gasteiger partial charge in [0.1, 0.15) is 0 Å². The van der Waals surface area contributed by atoms with Gasteiger partial charge in [0.25, 0.3) is 0 Å². The van der Waals surface area contributed by atoms with Crippen molar-refractivity contribution >= 4 is 22.9 Å². The molecule has 24 heavy (non-hydrogen) atoms. The fourth-order valence-corrected chi connectivity index (χ4v) is 3.37. The molecule has 0 unspecified atom stereocenters. The Labute approximate surface area is 140 Å². The van der Waals surface area contributed by atoms with Gasteiger partial charge in [0.15, 0.2) is 0 Å². The van der Waals surface area contributed by atoms with E-state index in [9.17, 15) is 9.59 Å². The van der Waals surface area contributed by atoms with Crippen molar-refractivity contribution in [3.8, 4) is 0 Å². The number of hydrogen-bond donors (Lipinski definition) is 4. The van der Waals surface area contributed by atoms with Gasteiger partial charge < -0.3 is 20.7 Å². The molecule has 4 N–H and O–H groups in total. The first-order chi connectivity index (χ1) is 11.6. The van der Waals surface area contributed by atoms with Crippen molar-refractivity contribution in [2.45, 2.75) is 38.1 Å². The van der Waals surface area contributed by atoms with E-state index in [1.807, 2.05) is 24.4 Å². The van der Waals surface area contributed by atoms with Crippen LogP contribution < -0.4 is 10.6 Å². The summed E-state index contributed by atoms with van der Waals surface area (Å²) < 4.78 is 0. The van der Waals surface area contributed by atoms with E-state index in [-0.39, 0.29) is 18.0 Å². The number of carboxylic acid groups (broad SMARTS) is 1. The van der Waals surface area contributed by atoms with Crippen molar-refractivity contribution < 1.29 is 14.7 Å². The predicted octanol–water partition coefficient (Wildman–Crippen LogP) is 2.65. The van der Waals surface area contributed by atoms with Crippen LogP contribution in [0.5, 0.6) is 0 Å². The number of aromatic amines is 1. The molecule has 6 heteroatoms. The number of aromatic nitrogens is 1. The van der Waals surface area contributed by atoms with Gasteiger partial charge >= 0.3 is 12.0 Å². The number of carbonyl (C=O) groups excluding carboxylic acids is 1. The summed E-state index contributed by atoms with van der Waals surface area (Å²) in [6, 6.07) is 8.01. The number of amides is 2. The Kier molecular flexibility index (Phi) is 5.03. The Morgan fingerprint density at radius 2 is 1.92 bits per heavy atom. The Morgan fingerprint density at radius 3 is 2.67 bits per heavy atom. The minimum atomic E-state index is -0.725. The summed E-state index contributed by atoms with van der Waals surface area (Å²) >= 11 is 0. The molecule has 0 radical (unpaired) electrons. The zero-order valence-electron chi connectivity index (χ0n) is 13.5. The monoisotopic (exact) mass is 329 g/mol. The third-order valence-electron chi connectivity index (χ3n) is 4.77. The van der Waals surface area contributed by atoms with E-state index >= 15 is 0 Å². The molecule has 3 rings (SSSR count). The number of aliphatic carboxylic acids is 1. The molecule has 1 aromatic carbocycles. The zero-order chi connectivity index (χ0) is 16.9. The standard InChI is InChI=1S/C18H23N3O3/c22-17(23)12-5-7-14(8-6-12)21-18(24)19-10-9-13-11-20-16-4-2-1-3-15(13)16/h1-4,11-12,14,20H,5-10H2,(H,22,23)(H2,19,21,24). The predicted molar refractivity (Wildman–Crippen MR) is 91.9 cm³/mol. The van der Waals surface area contributed by atoms with Crippen LogP contribution in [0.3, 0.4) is 0 Å². The Balaban J connectivity index is 1.41. The minimum Gasteiger partial charge on any atom is -0.481 e. The normalized spacial score (nSPS) is 20.7. The molecule has 0 saturated heterocycles. The molecule has 1 fully saturated rings. The first kappa shape index (κ1) is 16.4. The number of carbonyl (C=O) groups is 2. The quantitative estimate of drug-likeness (QED) is 0.679. The fourth-order valence-electron chi connectivity index (χ4n) is 3.37. The molecular formula is C18H23N3O3. The SMILES string of the molecule is O=C(NCCc1c[nH]c2ccccc12)NC1CCC(C(=O)O)CC1. The molecule has 2 amide bonds. The summed E-state index contributed by atoms with van der Waals surface area (Å²) in [5, 5.41) is 16.0. The summed E-state index contributed by atoms with van der Waals surface area (Å²) in [4.78, 5) is 26.1. The average molecular weight is 329 g/mol. The van der Waals surface area contributed by atoms with E-state index in [0.29, 0.717) is 19.4 Å². The van der Waals surface area contributed by atoms with Crippen LogP contribution in [0, 0.1) is 5.92 Å². The number of benzene rings is 1. The van der Waals surface area contributed by atoms with Gasteiger partial charge in [-0.15, -0.1) is 0 Å². The molecule has 1 aliphatic carbocycles. The van der Waals surface area contributed by atoms with Crippen molar-refractivity contribution in [1.82, 2.24) is 15.6 Å². The number of rotatable bonds is 5. The number of urea groups is 1. The van der Waals surface area contributed by atoms with E-state index in [1.165, 1.54) is 10.9 Å². The summed E-state index contributed by atoms with van der Waals surface area (Å²) in [6.45, 7) is 0.568. The topological polar surface area (TPSA) is 94.2 Å². The second kappa shape index (κ2) is 7.38. The van der Waals surface area contributed by atoms with Gasteiger partial charge in [0, 0.05) is 29.7 Å². The molecule has 128 valence electrons. The average Bonchev–Trinajstić information content (AvgIpc) is 2.99. The lowest BCUT2D eigenvalue weighted by Gasteiger charge is -2.26. The van der Waals surface area contributed by atoms with Crippen LogP contribution >= 0.6 is 0 Å². The second-order valence-electron chi connectivity index (χ2n) is 6.40. The van der Waals surface area contributed by atoms with E-state index in [4.69, 9.17) is 5.11 Å². The Hall–Kier alpha value is -2.50. The minimum absolute atomic E-state index is 0.0775. The number of fused-ring (bicyclic) bond motifs is 1. The van der Waals surface area contributed by atoms with Crippen LogP contribution in [0.2, 0.25) is 0 Å². The summed E-state index contributed by atoms with van der Waals surface area (Å²) in [5.74, 6) is -0.982. The lowest BCUT2D eigenvalue weighted by atomic mass is 9.86. The van der Waals surface area contributed by atoms with Gasteiger partial charge in [-0.25, -0.2) is 4.79 Å². The lowest BCUT2D eigenvalue weighted by molar-refractivity contribution is -0.142. The number of carboxylic acids is 1. The van der Waals surface area contributed by atoms with E-state index < -0.39 is 5.97 Å². The van der Waals surface area contributed by atoms with Crippen molar-refractivity contribution in [1.29, 1.82) is 0 Å². The molecule has 0 spiro atoms. The second-order valence-corrected chi connectivity index (χ2v) is 6.40. The molecule has 1 aliphatic rings. The Morgan fingerprint density at radius 1 is 1.17 bits per heavy atom. The molecule has 0 atom stereocenters. The fraction of sp³-hybridized carbons (Fsp3) is 0.444. The maximum absolute atomic E-state index is 12.0. The van der Waals surface area contributed by atoms with Crippen LogP contribution in [0.1, 0.15) is 31.2 Å². The third kappa shape index (κ3) is 3.88. The van der Waals surface area contributed by atoms with Crippen molar-refractivity contribution in [2.24, 2.45) is 5.92 Å². The van der Waals surface area contributed by atoms with Crippen LogP contribution in [0.25, 0.3) is 10.9 Å². The summed E-state index contributed by atoms with van der Waals surface area (Å²) in [6.07, 6.45) is 5.48. The zero-order valence-corrected chi connectivity index (χ0v) is 13.5. The van der Waals surface area contributed by atoms with E-state index in [0.717, 1.165) is 24.8 Å². The maximum Gasteiger partial charge on any atom is 0.315 e. The summed E-state index contributed by atoms with van der Waals surface area (Å²) in [7, 11) is 0. The van der Waals surface area contributed by atoms with Crippen LogP contribution in [0.4, 0.5) is 4.79 Å². The van der Waals surface area contributed by atoms with Gasteiger partial charge in [-0.05, 0) is 43.7 Å². The first-order valence-electron chi connectivity index (χ1n) is 8.45.